The van der Waals surface area contributed by atoms with Gasteiger partial charge in [-0.15, -0.1) is 0 Å². The Morgan fingerprint density at radius 1 is 1.54 bits per heavy atom. The number of rotatable bonds is 1. The SMILES string of the molecule is Cc1cc(C)n(C)c(=O)c1CC#N. The molecule has 0 fully saturated rings. The average molecular weight is 176 g/mol. The molecule has 0 bridgehead atoms. The van der Waals surface area contributed by atoms with Crippen molar-refractivity contribution < 1.29 is 0 Å². The van der Waals surface area contributed by atoms with Crippen molar-refractivity contribution >= 4 is 0 Å². The Labute approximate surface area is 77.2 Å². The number of hydrogen-bond donors (Lipinski definition) is 0. The van der Waals surface area contributed by atoms with Gasteiger partial charge in [-0.05, 0) is 25.5 Å². The van der Waals surface area contributed by atoms with Crippen molar-refractivity contribution in [3.63, 3.8) is 0 Å². The molecule has 13 heavy (non-hydrogen) atoms. The maximum absolute atomic E-state index is 11.6. The van der Waals surface area contributed by atoms with E-state index in [-0.39, 0.29) is 12.0 Å². The molecule has 0 spiro atoms. The highest BCUT2D eigenvalue weighted by Crippen LogP contribution is 2.05. The highest BCUT2D eigenvalue weighted by molar-refractivity contribution is 5.28. The second kappa shape index (κ2) is 3.44. The van der Waals surface area contributed by atoms with Crippen molar-refractivity contribution in [2.45, 2.75) is 20.3 Å². The fourth-order valence-corrected chi connectivity index (χ4v) is 1.32. The van der Waals surface area contributed by atoms with Gasteiger partial charge in [0, 0.05) is 18.3 Å². The number of nitrogens with zero attached hydrogens (tertiary/aromatic N) is 2. The lowest BCUT2D eigenvalue weighted by Gasteiger charge is -2.07. The van der Waals surface area contributed by atoms with Crippen molar-refractivity contribution in [1.29, 1.82) is 5.26 Å². The maximum Gasteiger partial charge on any atom is 0.254 e. The second-order valence-electron chi connectivity index (χ2n) is 3.15. The third-order valence-corrected chi connectivity index (χ3v) is 2.25. The number of hydrogen-bond acceptors (Lipinski definition) is 2. The number of pyridine rings is 1. The Bertz CT molecular complexity index is 424. The van der Waals surface area contributed by atoms with Gasteiger partial charge in [-0.25, -0.2) is 0 Å². The summed E-state index contributed by atoms with van der Waals surface area (Å²) in [5.74, 6) is 0. The van der Waals surface area contributed by atoms with E-state index < -0.39 is 0 Å². The molecule has 0 aromatic carbocycles. The fourth-order valence-electron chi connectivity index (χ4n) is 1.32. The quantitative estimate of drug-likeness (QED) is 0.642. The molecular formula is C10H12N2O. The van der Waals surface area contributed by atoms with Crippen molar-refractivity contribution in [2.24, 2.45) is 7.05 Å². The molecule has 0 N–H and O–H groups in total. The van der Waals surface area contributed by atoms with Gasteiger partial charge in [0.25, 0.3) is 5.56 Å². The summed E-state index contributed by atoms with van der Waals surface area (Å²) in [5.41, 5.74) is 2.38. The minimum absolute atomic E-state index is 0.0564. The molecule has 0 atom stereocenters. The zero-order valence-corrected chi connectivity index (χ0v) is 8.09. The molecule has 1 aromatic heterocycles. The van der Waals surface area contributed by atoms with Gasteiger partial charge in [0.15, 0.2) is 0 Å². The van der Waals surface area contributed by atoms with E-state index in [1.54, 1.807) is 11.6 Å². The van der Waals surface area contributed by atoms with Crippen LogP contribution in [0.2, 0.25) is 0 Å². The Morgan fingerprint density at radius 2 is 2.15 bits per heavy atom. The van der Waals surface area contributed by atoms with Crippen LogP contribution in [0.1, 0.15) is 16.8 Å². The van der Waals surface area contributed by atoms with E-state index >= 15 is 0 Å². The predicted octanol–water partition coefficient (Wildman–Crippen LogP) is 1.07. The largest absolute Gasteiger partial charge is 0.316 e. The van der Waals surface area contributed by atoms with E-state index in [1.807, 2.05) is 26.0 Å². The van der Waals surface area contributed by atoms with E-state index in [0.29, 0.717) is 5.56 Å². The minimum Gasteiger partial charge on any atom is -0.316 e. The van der Waals surface area contributed by atoms with Gasteiger partial charge in [0.2, 0.25) is 0 Å². The first kappa shape index (κ1) is 9.53. The summed E-state index contributed by atoms with van der Waals surface area (Å²) in [4.78, 5) is 11.6. The predicted molar refractivity (Wildman–Crippen MR) is 50.5 cm³/mol. The van der Waals surface area contributed by atoms with Gasteiger partial charge >= 0.3 is 0 Å². The monoisotopic (exact) mass is 176 g/mol. The molecule has 0 aliphatic heterocycles. The molecule has 0 aliphatic carbocycles. The first-order chi connectivity index (χ1) is 6.07. The lowest BCUT2D eigenvalue weighted by molar-refractivity contribution is 0.798. The average Bonchev–Trinajstić information content (AvgIpc) is 2.09. The van der Waals surface area contributed by atoms with Crippen molar-refractivity contribution in [3.8, 4) is 6.07 Å². The first-order valence-corrected chi connectivity index (χ1v) is 4.11. The first-order valence-electron chi connectivity index (χ1n) is 4.11. The molecule has 0 saturated carbocycles. The second-order valence-corrected chi connectivity index (χ2v) is 3.15. The third-order valence-electron chi connectivity index (χ3n) is 2.25. The summed E-state index contributed by atoms with van der Waals surface area (Å²) in [6.07, 6.45) is 0.193. The zero-order chi connectivity index (χ0) is 10.0. The van der Waals surface area contributed by atoms with E-state index in [0.717, 1.165) is 11.3 Å². The van der Waals surface area contributed by atoms with Crippen LogP contribution < -0.4 is 5.56 Å². The van der Waals surface area contributed by atoms with E-state index in [1.165, 1.54) is 0 Å². The van der Waals surface area contributed by atoms with E-state index in [9.17, 15) is 4.79 Å². The molecule has 1 aromatic rings. The third kappa shape index (κ3) is 1.62. The smallest absolute Gasteiger partial charge is 0.254 e. The minimum atomic E-state index is -0.0564. The van der Waals surface area contributed by atoms with Gasteiger partial charge in [-0.3, -0.25) is 4.79 Å². The molecule has 1 rings (SSSR count). The summed E-state index contributed by atoms with van der Waals surface area (Å²) in [6.45, 7) is 3.74. The summed E-state index contributed by atoms with van der Waals surface area (Å²) in [5, 5.41) is 8.53. The highest BCUT2D eigenvalue weighted by atomic mass is 16.1. The maximum atomic E-state index is 11.6. The molecule has 68 valence electrons. The normalized spacial score (nSPS) is 9.69. The highest BCUT2D eigenvalue weighted by Gasteiger charge is 2.06. The van der Waals surface area contributed by atoms with Crippen LogP contribution in [0.5, 0.6) is 0 Å². The topological polar surface area (TPSA) is 45.8 Å². The van der Waals surface area contributed by atoms with Crippen LogP contribution in [0, 0.1) is 25.2 Å². The summed E-state index contributed by atoms with van der Waals surface area (Å²) in [6, 6.07) is 3.92. The lowest BCUT2D eigenvalue weighted by Crippen LogP contribution is -2.23. The van der Waals surface area contributed by atoms with E-state index in [4.69, 9.17) is 5.26 Å². The van der Waals surface area contributed by atoms with Gasteiger partial charge in [-0.2, -0.15) is 5.26 Å². The van der Waals surface area contributed by atoms with E-state index in [2.05, 4.69) is 0 Å². The molecule has 0 unspecified atom stereocenters. The Hall–Kier alpha value is -1.56. The lowest BCUT2D eigenvalue weighted by atomic mass is 10.1. The van der Waals surface area contributed by atoms with Crippen LogP contribution in [0.15, 0.2) is 10.9 Å². The van der Waals surface area contributed by atoms with Gasteiger partial charge in [-0.1, -0.05) is 0 Å². The molecule has 3 heteroatoms. The van der Waals surface area contributed by atoms with Gasteiger partial charge < -0.3 is 4.57 Å². The van der Waals surface area contributed by atoms with Crippen molar-refractivity contribution in [1.82, 2.24) is 4.57 Å². The Balaban J connectivity index is 3.46. The fraction of sp³-hybridized carbons (Fsp3) is 0.400. The van der Waals surface area contributed by atoms with Crippen LogP contribution in [-0.4, -0.2) is 4.57 Å². The van der Waals surface area contributed by atoms with Crippen LogP contribution in [-0.2, 0) is 13.5 Å². The number of nitriles is 1. The van der Waals surface area contributed by atoms with Gasteiger partial charge in [0.1, 0.15) is 0 Å². The van der Waals surface area contributed by atoms with Crippen LogP contribution in [0.4, 0.5) is 0 Å². The summed E-state index contributed by atoms with van der Waals surface area (Å²) < 4.78 is 1.57. The van der Waals surface area contributed by atoms with Crippen molar-refractivity contribution in [3.05, 3.63) is 33.2 Å². The zero-order valence-electron chi connectivity index (χ0n) is 8.09. The van der Waals surface area contributed by atoms with Crippen LogP contribution in [0.3, 0.4) is 0 Å². The van der Waals surface area contributed by atoms with Gasteiger partial charge in [0.05, 0.1) is 12.5 Å². The molecular weight excluding hydrogens is 164 g/mol. The number of aryl methyl sites for hydroxylation is 2. The molecule has 0 amide bonds. The van der Waals surface area contributed by atoms with Crippen LogP contribution >= 0.6 is 0 Å². The summed E-state index contributed by atoms with van der Waals surface area (Å²) >= 11 is 0. The molecule has 3 nitrogen and oxygen atoms in total. The molecule has 0 radical (unpaired) electrons. The molecule has 0 aliphatic rings. The van der Waals surface area contributed by atoms with Crippen molar-refractivity contribution in [2.75, 3.05) is 0 Å². The molecule has 0 saturated heterocycles. The summed E-state index contributed by atoms with van der Waals surface area (Å²) in [7, 11) is 1.72. The Kier molecular flexibility index (Phi) is 2.52. The van der Waals surface area contributed by atoms with Crippen LogP contribution in [0.25, 0.3) is 0 Å². The standard InChI is InChI=1S/C10H12N2O/c1-7-6-8(2)12(3)10(13)9(7)4-5-11/h6H,4H2,1-3H3. The number of aromatic nitrogens is 1. The Morgan fingerprint density at radius 3 is 2.69 bits per heavy atom. The molecule has 1 heterocycles.